The summed E-state index contributed by atoms with van der Waals surface area (Å²) in [5.41, 5.74) is 2.01. The van der Waals surface area contributed by atoms with Crippen LogP contribution >= 0.6 is 0 Å². The molecule has 1 amide bonds. The average Bonchev–Trinajstić information content (AvgIpc) is 3.07. The summed E-state index contributed by atoms with van der Waals surface area (Å²) < 4.78 is 4.89. The Balaban J connectivity index is 1.48. The van der Waals surface area contributed by atoms with Crippen LogP contribution in [0.5, 0.6) is 0 Å². The van der Waals surface area contributed by atoms with Gasteiger partial charge in [0.1, 0.15) is 0 Å². The van der Waals surface area contributed by atoms with Crippen LogP contribution in [0.3, 0.4) is 0 Å². The molecule has 2 aromatic rings. The zero-order valence-corrected chi connectivity index (χ0v) is 14.5. The molecule has 2 aliphatic heterocycles. The molecule has 2 aromatic heterocycles. The molecule has 9 heteroatoms. The molecule has 0 unspecified atom stereocenters. The third kappa shape index (κ3) is 3.19. The fourth-order valence-corrected chi connectivity index (χ4v) is 3.17. The first kappa shape index (κ1) is 15.9. The van der Waals surface area contributed by atoms with Crippen molar-refractivity contribution >= 4 is 11.9 Å². The van der Waals surface area contributed by atoms with E-state index in [-0.39, 0.29) is 11.7 Å². The maximum Gasteiger partial charge on any atom is 0.295 e. The molecule has 2 aliphatic rings. The number of carbonyl (C=O) groups excluding carboxylic acids is 1. The van der Waals surface area contributed by atoms with Crippen molar-refractivity contribution in [1.82, 2.24) is 29.9 Å². The Morgan fingerprint density at radius 2 is 1.96 bits per heavy atom. The summed E-state index contributed by atoms with van der Waals surface area (Å²) in [6.07, 6.45) is 2.55. The van der Waals surface area contributed by atoms with E-state index in [1.807, 2.05) is 6.20 Å². The van der Waals surface area contributed by atoms with E-state index in [2.05, 4.69) is 32.0 Å². The predicted octanol–water partition coefficient (Wildman–Crippen LogP) is 0.118. The molecule has 0 radical (unpaired) electrons. The van der Waals surface area contributed by atoms with Crippen molar-refractivity contribution in [3.63, 3.8) is 0 Å². The van der Waals surface area contributed by atoms with Gasteiger partial charge in [0.2, 0.25) is 11.8 Å². The molecule has 9 nitrogen and oxygen atoms in total. The standard InChI is InChI=1S/C16H21N7O2/c1-11-18-14(20-25-11)15(24)23-4-3-13-12(10-23)9-17-16(19-13)22-7-5-21(2)6-8-22/h9H,3-8,10H2,1-2H3. The van der Waals surface area contributed by atoms with E-state index in [0.29, 0.717) is 25.4 Å². The lowest BCUT2D eigenvalue weighted by Gasteiger charge is -2.33. The Labute approximate surface area is 145 Å². The van der Waals surface area contributed by atoms with Crippen LogP contribution in [0.4, 0.5) is 5.95 Å². The van der Waals surface area contributed by atoms with Crippen LogP contribution in [-0.2, 0) is 13.0 Å². The lowest BCUT2D eigenvalue weighted by Crippen LogP contribution is -2.45. The van der Waals surface area contributed by atoms with Crippen LogP contribution < -0.4 is 4.90 Å². The maximum absolute atomic E-state index is 12.5. The van der Waals surface area contributed by atoms with Crippen LogP contribution in [0.2, 0.25) is 0 Å². The third-order valence-electron chi connectivity index (χ3n) is 4.71. The number of carbonyl (C=O) groups is 1. The number of aryl methyl sites for hydroxylation is 1. The van der Waals surface area contributed by atoms with Gasteiger partial charge in [0.15, 0.2) is 0 Å². The van der Waals surface area contributed by atoms with Crippen molar-refractivity contribution in [2.24, 2.45) is 0 Å². The third-order valence-corrected chi connectivity index (χ3v) is 4.71. The van der Waals surface area contributed by atoms with Gasteiger partial charge in [-0.2, -0.15) is 4.98 Å². The topological polar surface area (TPSA) is 91.5 Å². The minimum Gasteiger partial charge on any atom is -0.339 e. The van der Waals surface area contributed by atoms with Gasteiger partial charge >= 0.3 is 0 Å². The Bertz CT molecular complexity index is 783. The Morgan fingerprint density at radius 1 is 1.16 bits per heavy atom. The molecule has 4 heterocycles. The second-order valence-electron chi connectivity index (χ2n) is 6.55. The van der Waals surface area contributed by atoms with E-state index in [1.54, 1.807) is 11.8 Å². The van der Waals surface area contributed by atoms with Crippen LogP contribution in [0.1, 0.15) is 27.8 Å². The number of amides is 1. The highest BCUT2D eigenvalue weighted by Gasteiger charge is 2.27. The van der Waals surface area contributed by atoms with Gasteiger partial charge in [-0.15, -0.1) is 0 Å². The number of hydrogen-bond donors (Lipinski definition) is 0. The molecule has 4 rings (SSSR count). The highest BCUT2D eigenvalue weighted by Crippen LogP contribution is 2.21. The van der Waals surface area contributed by atoms with Gasteiger partial charge < -0.3 is 19.2 Å². The largest absolute Gasteiger partial charge is 0.339 e. The Hall–Kier alpha value is -2.55. The lowest BCUT2D eigenvalue weighted by molar-refractivity contribution is 0.0717. The fraction of sp³-hybridized carbons (Fsp3) is 0.562. The Morgan fingerprint density at radius 3 is 2.68 bits per heavy atom. The molecule has 0 aliphatic carbocycles. The second kappa shape index (κ2) is 6.40. The zero-order valence-electron chi connectivity index (χ0n) is 14.5. The molecule has 0 aromatic carbocycles. The maximum atomic E-state index is 12.5. The highest BCUT2D eigenvalue weighted by molar-refractivity contribution is 5.90. The van der Waals surface area contributed by atoms with Crippen LogP contribution in [0, 0.1) is 6.92 Å². The molecular formula is C16H21N7O2. The van der Waals surface area contributed by atoms with Gasteiger partial charge in [-0.05, 0) is 7.05 Å². The van der Waals surface area contributed by atoms with Crippen LogP contribution in [0.15, 0.2) is 10.7 Å². The lowest BCUT2D eigenvalue weighted by atomic mass is 10.1. The number of likely N-dealkylation sites (N-methyl/N-ethyl adjacent to an activating group) is 1. The quantitative estimate of drug-likeness (QED) is 0.759. The van der Waals surface area contributed by atoms with Crippen molar-refractivity contribution in [2.75, 3.05) is 44.7 Å². The number of anilines is 1. The summed E-state index contributed by atoms with van der Waals surface area (Å²) in [7, 11) is 2.13. The van der Waals surface area contributed by atoms with E-state index in [9.17, 15) is 4.79 Å². The molecule has 0 saturated carbocycles. The number of nitrogens with zero attached hydrogens (tertiary/aromatic N) is 7. The first-order valence-corrected chi connectivity index (χ1v) is 8.48. The molecule has 25 heavy (non-hydrogen) atoms. The van der Waals surface area contributed by atoms with Crippen molar-refractivity contribution in [3.05, 3.63) is 29.2 Å². The minimum absolute atomic E-state index is 0.107. The van der Waals surface area contributed by atoms with Crippen molar-refractivity contribution < 1.29 is 9.32 Å². The van der Waals surface area contributed by atoms with Crippen molar-refractivity contribution in [2.45, 2.75) is 19.9 Å². The molecular weight excluding hydrogens is 322 g/mol. The van der Waals surface area contributed by atoms with Gasteiger partial charge in [0.25, 0.3) is 11.7 Å². The van der Waals surface area contributed by atoms with E-state index in [4.69, 9.17) is 9.51 Å². The summed E-state index contributed by atoms with van der Waals surface area (Å²) in [6, 6.07) is 0. The predicted molar refractivity (Wildman–Crippen MR) is 89.2 cm³/mol. The monoisotopic (exact) mass is 343 g/mol. The number of hydrogen-bond acceptors (Lipinski definition) is 8. The normalized spacial score (nSPS) is 18.3. The van der Waals surface area contributed by atoms with Crippen LogP contribution in [0.25, 0.3) is 0 Å². The molecule has 0 N–H and O–H groups in total. The summed E-state index contributed by atoms with van der Waals surface area (Å²) in [6.45, 7) is 6.67. The van der Waals surface area contributed by atoms with Gasteiger partial charge in [0.05, 0.1) is 5.69 Å². The summed E-state index contributed by atoms with van der Waals surface area (Å²) in [4.78, 5) is 32.0. The van der Waals surface area contributed by atoms with Gasteiger partial charge in [-0.25, -0.2) is 9.97 Å². The van der Waals surface area contributed by atoms with Crippen LogP contribution in [-0.4, -0.2) is 75.6 Å². The number of piperazine rings is 1. The highest BCUT2D eigenvalue weighted by atomic mass is 16.5. The van der Waals surface area contributed by atoms with Gasteiger partial charge in [-0.3, -0.25) is 4.79 Å². The number of rotatable bonds is 2. The molecule has 1 fully saturated rings. The van der Waals surface area contributed by atoms with Crippen molar-refractivity contribution in [3.8, 4) is 0 Å². The molecule has 0 spiro atoms. The van der Waals surface area contributed by atoms with Crippen molar-refractivity contribution in [1.29, 1.82) is 0 Å². The average molecular weight is 343 g/mol. The molecule has 132 valence electrons. The minimum atomic E-state index is -0.217. The summed E-state index contributed by atoms with van der Waals surface area (Å²) in [5, 5.41) is 3.71. The van der Waals surface area contributed by atoms with Gasteiger partial charge in [0, 0.05) is 64.4 Å². The first-order chi connectivity index (χ1) is 12.1. The second-order valence-corrected chi connectivity index (χ2v) is 6.55. The van der Waals surface area contributed by atoms with E-state index in [1.165, 1.54) is 0 Å². The smallest absolute Gasteiger partial charge is 0.295 e. The number of fused-ring (bicyclic) bond motifs is 1. The molecule has 1 saturated heterocycles. The molecule has 0 atom stereocenters. The van der Waals surface area contributed by atoms with E-state index >= 15 is 0 Å². The van der Waals surface area contributed by atoms with Gasteiger partial charge in [-0.1, -0.05) is 5.16 Å². The fourth-order valence-electron chi connectivity index (χ4n) is 3.17. The SMILES string of the molecule is Cc1nc(C(=O)N2CCc3nc(N4CCN(C)CC4)ncc3C2)no1. The summed E-state index contributed by atoms with van der Waals surface area (Å²) >= 11 is 0. The molecule has 0 bridgehead atoms. The summed E-state index contributed by atoms with van der Waals surface area (Å²) in [5.74, 6) is 1.07. The van der Waals surface area contributed by atoms with E-state index in [0.717, 1.165) is 43.4 Å². The zero-order chi connectivity index (χ0) is 17.4. The Kier molecular flexibility index (Phi) is 4.08. The first-order valence-electron chi connectivity index (χ1n) is 8.48. The number of aromatic nitrogens is 4. The van der Waals surface area contributed by atoms with E-state index < -0.39 is 0 Å².